The van der Waals surface area contributed by atoms with E-state index in [1.165, 1.54) is 4.90 Å². The molecule has 2 aromatic carbocycles. The first kappa shape index (κ1) is 34.9. The van der Waals surface area contributed by atoms with E-state index in [9.17, 15) is 24.3 Å². The summed E-state index contributed by atoms with van der Waals surface area (Å²) in [7, 11) is 0. The third kappa shape index (κ3) is 6.08. The highest BCUT2D eigenvalue weighted by Crippen LogP contribution is 2.54. The van der Waals surface area contributed by atoms with Crippen molar-refractivity contribution in [3.05, 3.63) is 89.0 Å². The van der Waals surface area contributed by atoms with Crippen molar-refractivity contribution in [3.63, 3.8) is 0 Å². The van der Waals surface area contributed by atoms with Crippen molar-refractivity contribution in [1.29, 1.82) is 0 Å². The number of esters is 1. The van der Waals surface area contributed by atoms with Gasteiger partial charge in [-0.15, -0.1) is 0 Å². The SMILES string of the molecule is CC[C@H](C)[C@H](CO)N1C(=O)[C@H]2[C@@H]3C(=O)O[C@@H](c4ccccc4)[C@H](C)NC(=O)CC/C=C\[C@@H]3O[C@]23C=CCN(c2c(C)cccc2Cl)C(=O)[C@H]13. The fourth-order valence-corrected chi connectivity index (χ4v) is 8.31. The van der Waals surface area contributed by atoms with Crippen LogP contribution >= 0.6 is 11.6 Å². The van der Waals surface area contributed by atoms with Crippen molar-refractivity contribution < 1.29 is 33.8 Å². The van der Waals surface area contributed by atoms with Gasteiger partial charge >= 0.3 is 5.97 Å². The Morgan fingerprint density at radius 1 is 1.06 bits per heavy atom. The van der Waals surface area contributed by atoms with Gasteiger partial charge in [0.15, 0.2) is 0 Å². The Kier molecular flexibility index (Phi) is 10.0. The standard InChI is InChI=1S/C38H44ClN3O7/c1-5-22(2)27(21-43)42-34-36(46)41(32-23(3)13-11-16-26(32)39)20-12-19-38(34)31(35(42)45)30-28(49-38)17-9-10-18-29(44)40-24(4)33(48-37(30)47)25-14-7-6-8-15-25/h6-9,11-17,19,22,24,27-28,30-31,33-34,43H,5,10,18,20-21H2,1-4H3,(H,40,44)/b17-9-/t22-,24-,27-,28-,30+,31+,33+,34-,38+/m0/s1. The highest BCUT2D eigenvalue weighted by atomic mass is 35.5. The Morgan fingerprint density at radius 2 is 1.82 bits per heavy atom. The highest BCUT2D eigenvalue weighted by Gasteiger charge is 2.73. The van der Waals surface area contributed by atoms with Crippen LogP contribution in [-0.4, -0.2) is 76.7 Å². The number of benzene rings is 2. The number of amides is 3. The first-order chi connectivity index (χ1) is 23.5. The van der Waals surface area contributed by atoms with Crippen LogP contribution in [0.15, 0.2) is 72.8 Å². The number of carbonyl (C=O) groups is 4. The zero-order valence-electron chi connectivity index (χ0n) is 28.3. The molecule has 4 aliphatic rings. The zero-order valence-corrected chi connectivity index (χ0v) is 29.0. The second kappa shape index (κ2) is 14.1. The van der Waals surface area contributed by atoms with Gasteiger partial charge in [-0.1, -0.05) is 98.6 Å². The second-order valence-corrected chi connectivity index (χ2v) is 14.0. The van der Waals surface area contributed by atoms with Gasteiger partial charge in [0.2, 0.25) is 11.8 Å². The van der Waals surface area contributed by atoms with Crippen molar-refractivity contribution >= 4 is 41.0 Å². The Morgan fingerprint density at radius 3 is 2.51 bits per heavy atom. The maximum Gasteiger partial charge on any atom is 0.313 e. The summed E-state index contributed by atoms with van der Waals surface area (Å²) in [5, 5.41) is 14.1. The summed E-state index contributed by atoms with van der Waals surface area (Å²) < 4.78 is 13.1. The molecule has 4 heterocycles. The Balaban J connectivity index is 1.50. The molecule has 9 atom stereocenters. The minimum Gasteiger partial charge on any atom is -0.455 e. The lowest BCUT2D eigenvalue weighted by Gasteiger charge is -2.40. The van der Waals surface area contributed by atoms with E-state index in [1.54, 1.807) is 42.2 Å². The zero-order chi connectivity index (χ0) is 35.0. The van der Waals surface area contributed by atoms with E-state index in [0.717, 1.165) is 5.56 Å². The van der Waals surface area contributed by atoms with Crippen molar-refractivity contribution in [1.82, 2.24) is 10.2 Å². The summed E-state index contributed by atoms with van der Waals surface area (Å²) in [6.45, 7) is 7.31. The number of nitrogens with one attached hydrogen (secondary N) is 1. The fraction of sp³-hybridized carbons (Fsp3) is 0.474. The van der Waals surface area contributed by atoms with Crippen LogP contribution < -0.4 is 10.2 Å². The predicted octanol–water partition coefficient (Wildman–Crippen LogP) is 4.68. The topological polar surface area (TPSA) is 125 Å². The summed E-state index contributed by atoms with van der Waals surface area (Å²) >= 11 is 6.69. The number of rotatable bonds is 6. The summed E-state index contributed by atoms with van der Waals surface area (Å²) in [6, 6.07) is 12.0. The van der Waals surface area contributed by atoms with Gasteiger partial charge in [-0.25, -0.2) is 0 Å². The maximum atomic E-state index is 15.0. The van der Waals surface area contributed by atoms with Crippen LogP contribution in [0.25, 0.3) is 0 Å². The van der Waals surface area contributed by atoms with Gasteiger partial charge in [0.1, 0.15) is 23.7 Å². The molecule has 49 heavy (non-hydrogen) atoms. The lowest BCUT2D eigenvalue weighted by molar-refractivity contribution is -0.162. The molecule has 0 unspecified atom stereocenters. The number of aliphatic hydroxyl groups excluding tert-OH is 1. The number of hydrogen-bond acceptors (Lipinski definition) is 7. The molecular weight excluding hydrogens is 646 g/mol. The lowest BCUT2D eigenvalue weighted by atomic mass is 9.77. The molecule has 4 aliphatic heterocycles. The van der Waals surface area contributed by atoms with Crippen LogP contribution in [0.5, 0.6) is 0 Å². The van der Waals surface area contributed by atoms with Crippen molar-refractivity contribution in [2.24, 2.45) is 17.8 Å². The molecule has 1 spiro atoms. The number of nitrogens with zero attached hydrogens (tertiary/aromatic N) is 2. The monoisotopic (exact) mass is 689 g/mol. The van der Waals surface area contributed by atoms with Gasteiger partial charge in [0, 0.05) is 13.0 Å². The Hall–Kier alpha value is -3.99. The number of halogens is 1. The predicted molar refractivity (Wildman–Crippen MR) is 184 cm³/mol. The molecule has 2 fully saturated rings. The molecule has 0 radical (unpaired) electrons. The summed E-state index contributed by atoms with van der Waals surface area (Å²) in [5.74, 6) is -4.16. The second-order valence-electron chi connectivity index (χ2n) is 13.6. The van der Waals surface area contributed by atoms with E-state index in [4.69, 9.17) is 21.1 Å². The minimum atomic E-state index is -1.56. The average molecular weight is 690 g/mol. The quantitative estimate of drug-likeness (QED) is 0.334. The maximum absolute atomic E-state index is 15.0. The minimum absolute atomic E-state index is 0.157. The van der Waals surface area contributed by atoms with Crippen LogP contribution in [-0.2, 0) is 28.7 Å². The number of carbonyl (C=O) groups excluding carboxylic acids is 4. The van der Waals surface area contributed by atoms with E-state index in [2.05, 4.69) is 5.32 Å². The van der Waals surface area contributed by atoms with Gasteiger partial charge in [-0.2, -0.15) is 0 Å². The molecule has 6 rings (SSSR count). The number of aryl methyl sites for hydroxylation is 1. The van der Waals surface area contributed by atoms with Gasteiger partial charge in [-0.05, 0) is 43.4 Å². The van der Waals surface area contributed by atoms with E-state index in [-0.39, 0.29) is 31.4 Å². The van der Waals surface area contributed by atoms with E-state index >= 15 is 0 Å². The van der Waals surface area contributed by atoms with Gasteiger partial charge in [0.05, 0.1) is 41.4 Å². The molecule has 0 aromatic heterocycles. The number of ether oxygens (including phenoxy) is 2. The van der Waals surface area contributed by atoms with Gasteiger partial charge in [0.25, 0.3) is 5.91 Å². The van der Waals surface area contributed by atoms with Crippen molar-refractivity contribution in [3.8, 4) is 0 Å². The number of para-hydroxylation sites is 1. The summed E-state index contributed by atoms with van der Waals surface area (Å²) in [6.07, 6.45) is 6.47. The van der Waals surface area contributed by atoms with Crippen LogP contribution in [0.3, 0.4) is 0 Å². The number of likely N-dealkylation sites (tertiary alicyclic amines) is 1. The third-order valence-electron chi connectivity index (χ3n) is 10.6. The molecule has 0 aliphatic carbocycles. The van der Waals surface area contributed by atoms with Crippen LogP contribution in [0.4, 0.5) is 5.69 Å². The average Bonchev–Trinajstić information content (AvgIpc) is 3.47. The molecule has 3 amide bonds. The first-order valence-electron chi connectivity index (χ1n) is 17.1. The Labute approximate surface area is 292 Å². The van der Waals surface area contributed by atoms with Crippen LogP contribution in [0.1, 0.15) is 57.3 Å². The molecular formula is C38H44ClN3O7. The summed E-state index contributed by atoms with van der Waals surface area (Å²) in [4.78, 5) is 60.3. The molecule has 2 N–H and O–H groups in total. The van der Waals surface area contributed by atoms with E-state index in [0.29, 0.717) is 29.1 Å². The molecule has 11 heteroatoms. The number of aliphatic hydroxyl groups is 1. The van der Waals surface area contributed by atoms with Crippen LogP contribution in [0.2, 0.25) is 5.02 Å². The highest BCUT2D eigenvalue weighted by molar-refractivity contribution is 6.34. The van der Waals surface area contributed by atoms with Crippen molar-refractivity contribution in [2.75, 3.05) is 18.1 Å². The smallest absolute Gasteiger partial charge is 0.313 e. The number of cyclic esters (lactones) is 1. The largest absolute Gasteiger partial charge is 0.455 e. The van der Waals surface area contributed by atoms with Crippen molar-refractivity contribution in [2.45, 2.75) is 82.9 Å². The van der Waals surface area contributed by atoms with Gasteiger partial charge < -0.3 is 29.7 Å². The third-order valence-corrected chi connectivity index (χ3v) is 10.9. The van der Waals surface area contributed by atoms with E-state index < -0.39 is 65.6 Å². The normalized spacial score (nSPS) is 32.1. The number of hydrogen-bond donors (Lipinski definition) is 2. The Bertz CT molecular complexity index is 1640. The first-order valence-corrected chi connectivity index (χ1v) is 17.5. The molecule has 0 bridgehead atoms. The van der Waals surface area contributed by atoms with Gasteiger partial charge in [-0.3, -0.25) is 19.2 Å². The number of allylic oxidation sites excluding steroid dienone is 1. The molecule has 260 valence electrons. The van der Waals surface area contributed by atoms with E-state index in [1.807, 2.05) is 63.2 Å². The molecule has 2 aromatic rings. The molecule has 10 nitrogen and oxygen atoms in total. The molecule has 2 saturated heterocycles. The number of fused-ring (bicyclic) bond motifs is 2. The van der Waals surface area contributed by atoms with Crippen LogP contribution in [0, 0.1) is 24.7 Å². The molecule has 0 saturated carbocycles. The summed E-state index contributed by atoms with van der Waals surface area (Å²) in [5.41, 5.74) is 0.435. The fourth-order valence-electron chi connectivity index (χ4n) is 7.98. The number of anilines is 1. The lowest BCUT2D eigenvalue weighted by Crippen LogP contribution is -2.59.